The molecule has 2 aliphatic rings. The lowest BCUT2D eigenvalue weighted by Crippen LogP contribution is -2.39. The molecule has 3 nitrogen and oxygen atoms in total. The second-order valence-electron chi connectivity index (χ2n) is 6.71. The highest BCUT2D eigenvalue weighted by atomic mass is 16.5. The minimum atomic E-state index is 0.206. The molecule has 1 saturated heterocycles. The molecule has 3 atom stereocenters. The first-order valence-corrected chi connectivity index (χ1v) is 8.06. The predicted octanol–water partition coefficient (Wildman–Crippen LogP) is 3.45. The van der Waals surface area contributed by atoms with Crippen molar-refractivity contribution >= 4 is 5.91 Å². The lowest BCUT2D eigenvalue weighted by molar-refractivity contribution is -0.134. The molecule has 1 aliphatic carbocycles. The lowest BCUT2D eigenvalue weighted by atomic mass is 10.0. The molecule has 1 aromatic carbocycles. The Balaban J connectivity index is 1.65. The summed E-state index contributed by atoms with van der Waals surface area (Å²) in [6, 6.07) is 8.63. The van der Waals surface area contributed by atoms with E-state index in [0.29, 0.717) is 23.8 Å². The van der Waals surface area contributed by atoms with Gasteiger partial charge in [-0.2, -0.15) is 0 Å². The van der Waals surface area contributed by atoms with E-state index in [1.165, 1.54) is 12.0 Å². The van der Waals surface area contributed by atoms with Gasteiger partial charge in [-0.3, -0.25) is 4.79 Å². The number of amides is 1. The Labute approximate surface area is 127 Å². The van der Waals surface area contributed by atoms with Gasteiger partial charge in [0.2, 0.25) is 5.91 Å². The van der Waals surface area contributed by atoms with Crippen molar-refractivity contribution in [2.75, 3.05) is 13.7 Å². The second kappa shape index (κ2) is 5.70. The van der Waals surface area contributed by atoms with Gasteiger partial charge in [0, 0.05) is 18.5 Å². The topological polar surface area (TPSA) is 29.5 Å². The highest BCUT2D eigenvalue weighted by Gasteiger charge is 2.47. The standard InChI is InChI=1S/C18H25NO2/c1-12(2)17-5-4-10-19(17)18(20)16-11-15(16)13-6-8-14(21-3)9-7-13/h6-9,12,15-17H,4-5,10-11H2,1-3H3/t15-,16-,17-/m1/s1. The molecule has 1 saturated carbocycles. The van der Waals surface area contributed by atoms with E-state index in [1.807, 2.05) is 12.1 Å². The number of methoxy groups -OCH3 is 1. The average molecular weight is 287 g/mol. The van der Waals surface area contributed by atoms with E-state index >= 15 is 0 Å². The maximum Gasteiger partial charge on any atom is 0.226 e. The van der Waals surface area contributed by atoms with Crippen molar-refractivity contribution in [1.82, 2.24) is 4.90 Å². The van der Waals surface area contributed by atoms with Crippen LogP contribution in [0.2, 0.25) is 0 Å². The molecule has 0 unspecified atom stereocenters. The Bertz CT molecular complexity index is 508. The summed E-state index contributed by atoms with van der Waals surface area (Å²) in [6.07, 6.45) is 3.34. The average Bonchev–Trinajstić information content (AvgIpc) is 3.13. The summed E-state index contributed by atoms with van der Waals surface area (Å²) in [4.78, 5) is 14.9. The second-order valence-corrected chi connectivity index (χ2v) is 6.71. The number of likely N-dealkylation sites (tertiary alicyclic amines) is 1. The van der Waals surface area contributed by atoms with Crippen molar-refractivity contribution in [3.63, 3.8) is 0 Å². The molecular weight excluding hydrogens is 262 g/mol. The predicted molar refractivity (Wildman–Crippen MR) is 83.4 cm³/mol. The van der Waals surface area contributed by atoms with Gasteiger partial charge in [-0.1, -0.05) is 26.0 Å². The van der Waals surface area contributed by atoms with Gasteiger partial charge in [-0.25, -0.2) is 0 Å². The van der Waals surface area contributed by atoms with E-state index in [9.17, 15) is 4.79 Å². The van der Waals surface area contributed by atoms with Crippen LogP contribution in [0, 0.1) is 11.8 Å². The minimum absolute atomic E-state index is 0.206. The maximum absolute atomic E-state index is 12.7. The van der Waals surface area contributed by atoms with E-state index in [0.717, 1.165) is 25.1 Å². The zero-order valence-corrected chi connectivity index (χ0v) is 13.2. The quantitative estimate of drug-likeness (QED) is 0.849. The Morgan fingerprint density at radius 2 is 2.00 bits per heavy atom. The van der Waals surface area contributed by atoms with Crippen molar-refractivity contribution < 1.29 is 9.53 Å². The van der Waals surface area contributed by atoms with Gasteiger partial charge in [-0.15, -0.1) is 0 Å². The van der Waals surface area contributed by atoms with Crippen LogP contribution in [-0.2, 0) is 4.79 Å². The highest BCUT2D eigenvalue weighted by molar-refractivity contribution is 5.83. The van der Waals surface area contributed by atoms with E-state index in [4.69, 9.17) is 4.74 Å². The molecule has 1 aliphatic heterocycles. The van der Waals surface area contributed by atoms with Gasteiger partial charge in [0.25, 0.3) is 0 Å². The van der Waals surface area contributed by atoms with Crippen LogP contribution < -0.4 is 4.74 Å². The summed E-state index contributed by atoms with van der Waals surface area (Å²) < 4.78 is 5.19. The Morgan fingerprint density at radius 1 is 1.29 bits per heavy atom. The number of hydrogen-bond donors (Lipinski definition) is 0. The number of benzene rings is 1. The number of carbonyl (C=O) groups is 1. The van der Waals surface area contributed by atoms with Gasteiger partial charge in [0.15, 0.2) is 0 Å². The van der Waals surface area contributed by atoms with Gasteiger partial charge in [-0.05, 0) is 48.8 Å². The minimum Gasteiger partial charge on any atom is -0.497 e. The number of hydrogen-bond acceptors (Lipinski definition) is 2. The molecule has 1 amide bonds. The van der Waals surface area contributed by atoms with E-state index in [1.54, 1.807) is 7.11 Å². The summed E-state index contributed by atoms with van der Waals surface area (Å²) >= 11 is 0. The van der Waals surface area contributed by atoms with Crippen LogP contribution in [0.1, 0.15) is 44.6 Å². The van der Waals surface area contributed by atoms with Gasteiger partial charge in [0.05, 0.1) is 7.11 Å². The van der Waals surface area contributed by atoms with Crippen molar-refractivity contribution in [2.45, 2.75) is 45.1 Å². The summed E-state index contributed by atoms with van der Waals surface area (Å²) in [5.74, 6) is 2.44. The van der Waals surface area contributed by atoms with E-state index in [-0.39, 0.29) is 5.92 Å². The molecule has 1 heterocycles. The molecule has 0 aromatic heterocycles. The SMILES string of the molecule is COc1ccc([C@H]2C[C@H]2C(=O)N2CCC[C@@H]2C(C)C)cc1. The maximum atomic E-state index is 12.7. The zero-order chi connectivity index (χ0) is 15.0. The number of ether oxygens (including phenoxy) is 1. The Hall–Kier alpha value is -1.51. The fraction of sp³-hybridized carbons (Fsp3) is 0.611. The fourth-order valence-corrected chi connectivity index (χ4v) is 3.66. The normalized spacial score (nSPS) is 28.0. The molecule has 3 rings (SSSR count). The van der Waals surface area contributed by atoms with Crippen LogP contribution in [0.4, 0.5) is 0 Å². The number of carbonyl (C=O) groups excluding carboxylic acids is 1. The Morgan fingerprint density at radius 3 is 2.62 bits per heavy atom. The first-order valence-electron chi connectivity index (χ1n) is 8.06. The number of nitrogens with zero attached hydrogens (tertiary/aromatic N) is 1. The Kier molecular flexibility index (Phi) is 3.92. The molecule has 0 spiro atoms. The summed E-state index contributed by atoms with van der Waals surface area (Å²) in [7, 11) is 1.68. The van der Waals surface area contributed by atoms with Crippen LogP contribution in [-0.4, -0.2) is 30.5 Å². The summed E-state index contributed by atoms with van der Waals surface area (Å²) in [5, 5.41) is 0. The molecule has 0 N–H and O–H groups in total. The molecular formula is C18H25NO2. The number of rotatable bonds is 4. The third kappa shape index (κ3) is 2.78. The van der Waals surface area contributed by atoms with Gasteiger partial charge < -0.3 is 9.64 Å². The van der Waals surface area contributed by atoms with Gasteiger partial charge >= 0.3 is 0 Å². The smallest absolute Gasteiger partial charge is 0.226 e. The molecule has 0 radical (unpaired) electrons. The molecule has 0 bridgehead atoms. The first kappa shape index (κ1) is 14.4. The largest absolute Gasteiger partial charge is 0.497 e. The molecule has 114 valence electrons. The highest BCUT2D eigenvalue weighted by Crippen LogP contribution is 2.49. The monoisotopic (exact) mass is 287 g/mol. The fourth-order valence-electron chi connectivity index (χ4n) is 3.66. The summed E-state index contributed by atoms with van der Waals surface area (Å²) in [6.45, 7) is 5.40. The van der Waals surface area contributed by atoms with Gasteiger partial charge in [0.1, 0.15) is 5.75 Å². The third-order valence-electron chi connectivity index (χ3n) is 5.00. The van der Waals surface area contributed by atoms with E-state index in [2.05, 4.69) is 30.9 Å². The van der Waals surface area contributed by atoms with Crippen LogP contribution in [0.25, 0.3) is 0 Å². The van der Waals surface area contributed by atoms with Crippen LogP contribution >= 0.6 is 0 Å². The molecule has 3 heteroatoms. The van der Waals surface area contributed by atoms with Crippen LogP contribution in [0.5, 0.6) is 5.75 Å². The lowest BCUT2D eigenvalue weighted by Gasteiger charge is -2.28. The van der Waals surface area contributed by atoms with Crippen molar-refractivity contribution in [1.29, 1.82) is 0 Å². The first-order chi connectivity index (χ1) is 10.1. The molecule has 21 heavy (non-hydrogen) atoms. The zero-order valence-electron chi connectivity index (χ0n) is 13.2. The molecule has 1 aromatic rings. The van der Waals surface area contributed by atoms with E-state index < -0.39 is 0 Å². The van der Waals surface area contributed by atoms with Crippen molar-refractivity contribution in [3.05, 3.63) is 29.8 Å². The van der Waals surface area contributed by atoms with Crippen LogP contribution in [0.15, 0.2) is 24.3 Å². The summed E-state index contributed by atoms with van der Waals surface area (Å²) in [5.41, 5.74) is 1.27. The van der Waals surface area contributed by atoms with Crippen LogP contribution in [0.3, 0.4) is 0 Å². The van der Waals surface area contributed by atoms with Crippen molar-refractivity contribution in [2.24, 2.45) is 11.8 Å². The molecule has 2 fully saturated rings. The third-order valence-corrected chi connectivity index (χ3v) is 5.00. The van der Waals surface area contributed by atoms with Crippen molar-refractivity contribution in [3.8, 4) is 5.75 Å².